The molecule has 2 aliphatic rings. The van der Waals surface area contributed by atoms with E-state index in [1.807, 2.05) is 29.6 Å². The molecule has 0 aliphatic carbocycles. The second kappa shape index (κ2) is 33.0. The Morgan fingerprint density at radius 3 is 2.19 bits per heavy atom. The summed E-state index contributed by atoms with van der Waals surface area (Å²) in [5.41, 5.74) is 2.58. The average molecular weight is 1200 g/mol. The summed E-state index contributed by atoms with van der Waals surface area (Å²) in [6, 6.07) is 12.3. The number of ether oxygens (including phenoxy) is 3. The highest BCUT2D eigenvalue weighted by molar-refractivity contribution is 8.00. The van der Waals surface area contributed by atoms with E-state index >= 15 is 0 Å². The van der Waals surface area contributed by atoms with Gasteiger partial charge in [0, 0.05) is 25.1 Å². The highest BCUT2D eigenvalue weighted by atomic mass is 35.5. The van der Waals surface area contributed by atoms with Crippen LogP contribution in [0.4, 0.5) is 15.8 Å². The zero-order valence-electron chi connectivity index (χ0n) is 42.4. The number of aliphatic carboxylic acids is 1. The normalized spacial score (nSPS) is 15.5. The number of nitrogens with zero attached hydrogens (tertiary/aromatic N) is 5. The molecule has 0 saturated carbocycles. The minimum absolute atomic E-state index is 0.0371. The molecule has 28 heteroatoms. The molecular formula is C46H64Cl4FN6O13PS3. The molecule has 0 radical (unpaired) electrons. The average Bonchev–Trinajstić information content (AvgIpc) is 4.08. The van der Waals surface area contributed by atoms with Crippen molar-refractivity contribution in [2.24, 2.45) is 4.99 Å². The van der Waals surface area contributed by atoms with Gasteiger partial charge in [0.15, 0.2) is 4.84 Å². The van der Waals surface area contributed by atoms with E-state index < -0.39 is 48.7 Å². The molecule has 414 valence electrons. The number of halogens is 5. The van der Waals surface area contributed by atoms with E-state index in [0.29, 0.717) is 46.0 Å². The maximum atomic E-state index is 14.3. The molecule has 2 aromatic carbocycles. The predicted octanol–water partition coefficient (Wildman–Crippen LogP) is 7.16. The van der Waals surface area contributed by atoms with Gasteiger partial charge < -0.3 is 43.0 Å². The van der Waals surface area contributed by atoms with Crippen molar-refractivity contribution < 1.29 is 61.7 Å². The fourth-order valence-corrected chi connectivity index (χ4v) is 9.45. The summed E-state index contributed by atoms with van der Waals surface area (Å²) in [7, 11) is -0.833. The van der Waals surface area contributed by atoms with Crippen LogP contribution in [0.15, 0.2) is 67.8 Å². The van der Waals surface area contributed by atoms with Crippen molar-refractivity contribution in [3.63, 3.8) is 0 Å². The number of benzene rings is 2. The standard InChI is InChI=1S/C15H15ClFN3O3S2.C14H20ClNO2.C11H13Cl2NO3.C3H8NO5P.C3H9S/c1-23-13(21)8-24-12-7-11(10(17)6-9(12)16)18-14-19-4-2-3-5-20(19)15(22)25-14;1-4-11-7-6-8-12(5-2)14(11)16(10-18-3)13(17)9-15;1-11(2)14(10(15)9(12)13)6-8(17-11)7-4-3-5-16-7;5-3(6)1-4-2-10(7,8)9;1-4(2)3/h6-7H,2-5,8H2,1H3;6-8H,4-5,9-10H2,1-3H3;3-5,8-9H,6H2,1-2H3;4H,1-2H2,(H,5,6)(H2,7,8,9);1-3H3/q;;;;+1/p-1/b18-14-;;;;. The van der Waals surface area contributed by atoms with Gasteiger partial charge in [-0.1, -0.05) is 66.8 Å². The van der Waals surface area contributed by atoms with Crippen LogP contribution in [0.3, 0.4) is 0 Å². The van der Waals surface area contributed by atoms with Gasteiger partial charge in [-0.15, -0.1) is 23.4 Å². The number of thioether (sulfide) groups is 1. The van der Waals surface area contributed by atoms with Crippen LogP contribution in [-0.2, 0) is 74.8 Å². The van der Waals surface area contributed by atoms with Crippen LogP contribution in [0.5, 0.6) is 0 Å². The van der Waals surface area contributed by atoms with Crippen molar-refractivity contribution in [1.29, 1.82) is 0 Å². The third kappa shape index (κ3) is 22.3. The van der Waals surface area contributed by atoms with E-state index in [1.54, 1.807) is 47.6 Å². The summed E-state index contributed by atoms with van der Waals surface area (Å²) in [5.74, 6) is -1.93. The number of hydrogen-bond acceptors (Lipinski definition) is 15. The number of rotatable bonds is 16. The summed E-state index contributed by atoms with van der Waals surface area (Å²) in [4.78, 5) is 82.1. The SMILES string of the molecule is CC1(C)OC(c2ccco2)CN1C(=O)C(Cl)Cl.CCc1cccc(CC)c1N(COC)C(=O)CCl.COC(=O)CSc1cc(/N=c2\sc(=O)n3n2CCCC3)c(F)cc1Cl.C[S+](C)C.O=C(O)CNCP(=O)([O-])O. The number of carbonyl (C=O) groups is 4. The Kier molecular flexibility index (Phi) is 29.7. The molecule has 74 heavy (non-hydrogen) atoms. The maximum absolute atomic E-state index is 14.3. The third-order valence-electron chi connectivity index (χ3n) is 9.92. The number of fused-ring (bicyclic) bond motifs is 1. The molecule has 2 atom stereocenters. The largest absolute Gasteiger partial charge is 0.778 e. The van der Waals surface area contributed by atoms with Crippen LogP contribution in [0, 0.1) is 5.82 Å². The molecule has 4 aromatic rings. The van der Waals surface area contributed by atoms with E-state index in [1.165, 1.54) is 18.1 Å². The molecule has 3 N–H and O–H groups in total. The molecule has 4 heterocycles. The van der Waals surface area contributed by atoms with E-state index in [9.17, 15) is 37.8 Å². The Morgan fingerprint density at radius 1 is 1.08 bits per heavy atom. The maximum Gasteiger partial charge on any atom is 0.325 e. The number of carbonyl (C=O) groups excluding carboxylic acids is 3. The Bertz CT molecular complexity index is 2590. The molecule has 6 rings (SSSR count). The molecule has 0 spiro atoms. The number of esters is 1. The summed E-state index contributed by atoms with van der Waals surface area (Å²) in [6.07, 6.45) is 10.8. The molecule has 1 saturated heterocycles. The summed E-state index contributed by atoms with van der Waals surface area (Å²) in [5, 5.41) is 10.2. The van der Waals surface area contributed by atoms with Gasteiger partial charge in [0.05, 0.1) is 68.0 Å². The number of aromatic nitrogens is 2. The fourth-order valence-electron chi connectivity index (χ4n) is 6.69. The summed E-state index contributed by atoms with van der Waals surface area (Å²) in [6.45, 7) is 9.21. The number of carboxylic acids is 1. The first-order valence-electron chi connectivity index (χ1n) is 22.5. The molecule has 2 unspecified atom stereocenters. The smallest absolute Gasteiger partial charge is 0.325 e. The second-order valence-corrected chi connectivity index (χ2v) is 24.2. The van der Waals surface area contributed by atoms with Gasteiger partial charge in [-0.2, -0.15) is 0 Å². The number of methoxy groups -OCH3 is 2. The van der Waals surface area contributed by atoms with Crippen molar-refractivity contribution in [2.75, 3.05) is 75.6 Å². The quantitative estimate of drug-likeness (QED) is 0.0252. The van der Waals surface area contributed by atoms with Crippen LogP contribution in [-0.4, -0.2) is 129 Å². The van der Waals surface area contributed by atoms with Crippen LogP contribution >= 0.6 is 77.1 Å². The first-order valence-corrected chi connectivity index (χ1v) is 30.3. The number of alkyl halides is 3. The van der Waals surface area contributed by atoms with Gasteiger partial charge in [0.25, 0.3) is 5.91 Å². The molecule has 1 fully saturated rings. The Hall–Kier alpha value is -3.42. The lowest BCUT2D eigenvalue weighted by Crippen LogP contribution is -2.45. The van der Waals surface area contributed by atoms with Crippen molar-refractivity contribution in [1.82, 2.24) is 19.6 Å². The lowest BCUT2D eigenvalue weighted by Gasteiger charge is -2.29. The highest BCUT2D eigenvalue weighted by Gasteiger charge is 2.45. The Labute approximate surface area is 461 Å². The Balaban J connectivity index is 0.000000343. The summed E-state index contributed by atoms with van der Waals surface area (Å²) < 4.78 is 48.4. The first kappa shape index (κ1) is 66.7. The van der Waals surface area contributed by atoms with Crippen LogP contribution in [0.2, 0.25) is 5.02 Å². The molecule has 2 aromatic heterocycles. The van der Waals surface area contributed by atoms with E-state index in [0.717, 1.165) is 71.7 Å². The van der Waals surface area contributed by atoms with Gasteiger partial charge >= 0.3 is 16.8 Å². The van der Waals surface area contributed by atoms with Crippen LogP contribution in [0.1, 0.15) is 63.5 Å². The lowest BCUT2D eigenvalue weighted by atomic mass is 10.0. The molecule has 2 amide bonds. The highest BCUT2D eigenvalue weighted by Crippen LogP contribution is 2.37. The van der Waals surface area contributed by atoms with Crippen molar-refractivity contribution in [3.8, 4) is 0 Å². The van der Waals surface area contributed by atoms with Crippen molar-refractivity contribution in [2.45, 2.75) is 88.0 Å². The van der Waals surface area contributed by atoms with Gasteiger partial charge in [-0.05, 0) is 97.2 Å². The number of aryl methyl sites for hydroxylation is 2. The number of furan rings is 1. The first-order chi connectivity index (χ1) is 34.7. The summed E-state index contributed by atoms with van der Waals surface area (Å²) >= 11 is 25.1. The number of nitrogens with one attached hydrogen (secondary N) is 1. The molecule has 19 nitrogen and oxygen atoms in total. The van der Waals surface area contributed by atoms with Crippen LogP contribution < -0.4 is 24.8 Å². The molecule has 2 aliphatic heterocycles. The topological polar surface area (TPSA) is 248 Å². The van der Waals surface area contributed by atoms with Gasteiger partial charge in [0.2, 0.25) is 10.7 Å². The minimum Gasteiger partial charge on any atom is -0.778 e. The van der Waals surface area contributed by atoms with E-state index in [4.69, 9.17) is 70.3 Å². The molecule has 0 bridgehead atoms. The lowest BCUT2D eigenvalue weighted by molar-refractivity contribution is -0.193. The number of anilines is 1. The van der Waals surface area contributed by atoms with Crippen molar-refractivity contribution >= 4 is 123 Å². The third-order valence-corrected chi connectivity index (χ3v) is 13.5. The molecular weight excluding hydrogens is 1130 g/mol. The van der Waals surface area contributed by atoms with Gasteiger partial charge in [-0.25, -0.2) is 14.1 Å². The van der Waals surface area contributed by atoms with Gasteiger partial charge in [0.1, 0.15) is 49.3 Å². The van der Waals surface area contributed by atoms with Crippen LogP contribution in [0.25, 0.3) is 0 Å². The van der Waals surface area contributed by atoms with Gasteiger partial charge in [-0.3, -0.25) is 38.9 Å². The number of para-hydroxylation sites is 1. The van der Waals surface area contributed by atoms with E-state index in [2.05, 4.69) is 42.3 Å². The number of amides is 2. The number of carboxylic acid groups (broad SMARTS) is 1. The second-order valence-electron chi connectivity index (χ2n) is 16.5. The number of hydrogen-bond donors (Lipinski definition) is 3. The Morgan fingerprint density at radius 2 is 1.69 bits per heavy atom. The van der Waals surface area contributed by atoms with Crippen molar-refractivity contribution in [3.05, 3.63) is 90.9 Å². The zero-order valence-corrected chi connectivity index (χ0v) is 48.8. The predicted molar refractivity (Wildman–Crippen MR) is 290 cm³/mol. The zero-order chi connectivity index (χ0) is 55.9. The van der Waals surface area contributed by atoms with E-state index in [-0.39, 0.29) is 51.9 Å². The monoisotopic (exact) mass is 1190 g/mol. The minimum atomic E-state index is -4.35. The fraction of sp³-hybridized carbons (Fsp3) is 0.522.